The second-order valence-electron chi connectivity index (χ2n) is 4.97. The second-order valence-corrected chi connectivity index (χ2v) is 6.65. The quantitative estimate of drug-likeness (QED) is 0.818. The standard InChI is InChI=1S/C12H16N2O6S/c1-7-10(5-9(20-7)12(16)17)21(18,19)13-8-3-4-11(15)14(2)6-8/h5,8,13H,3-4,6H2,1-2H3,(H,16,17). The molecule has 9 heteroatoms. The maximum atomic E-state index is 12.3. The fraction of sp³-hybridized carbons (Fsp3) is 0.500. The van der Waals surface area contributed by atoms with E-state index in [1.54, 1.807) is 7.05 Å². The topological polar surface area (TPSA) is 117 Å². The summed E-state index contributed by atoms with van der Waals surface area (Å²) in [7, 11) is -2.28. The Hall–Kier alpha value is -1.87. The Morgan fingerprint density at radius 2 is 2.19 bits per heavy atom. The number of likely N-dealkylation sites (tertiary alicyclic amines) is 1. The number of sulfonamides is 1. The minimum Gasteiger partial charge on any atom is -0.475 e. The number of likely N-dealkylation sites (N-methyl/N-ethyl adjacent to an activating group) is 1. The van der Waals surface area contributed by atoms with Gasteiger partial charge >= 0.3 is 5.97 Å². The van der Waals surface area contributed by atoms with E-state index >= 15 is 0 Å². The monoisotopic (exact) mass is 316 g/mol. The Morgan fingerprint density at radius 1 is 1.52 bits per heavy atom. The van der Waals surface area contributed by atoms with Crippen molar-refractivity contribution in [3.8, 4) is 0 Å². The molecule has 2 heterocycles. The minimum atomic E-state index is -3.89. The fourth-order valence-corrected chi connectivity index (χ4v) is 3.67. The van der Waals surface area contributed by atoms with Crippen molar-refractivity contribution in [3.05, 3.63) is 17.6 Å². The molecule has 1 saturated heterocycles. The van der Waals surface area contributed by atoms with E-state index in [0.29, 0.717) is 6.42 Å². The molecule has 1 fully saturated rings. The van der Waals surface area contributed by atoms with Crippen LogP contribution in [0.15, 0.2) is 15.4 Å². The van der Waals surface area contributed by atoms with Crippen molar-refractivity contribution >= 4 is 21.9 Å². The molecule has 1 unspecified atom stereocenters. The predicted octanol–water partition coefficient (Wildman–Crippen LogP) is 0.185. The molecule has 0 spiro atoms. The Morgan fingerprint density at radius 3 is 2.71 bits per heavy atom. The highest BCUT2D eigenvalue weighted by atomic mass is 32.2. The predicted molar refractivity (Wildman–Crippen MR) is 71.4 cm³/mol. The van der Waals surface area contributed by atoms with E-state index < -0.39 is 27.8 Å². The van der Waals surface area contributed by atoms with E-state index in [-0.39, 0.29) is 29.5 Å². The Kier molecular flexibility index (Phi) is 4.06. The van der Waals surface area contributed by atoms with Gasteiger partial charge in [-0.05, 0) is 13.3 Å². The van der Waals surface area contributed by atoms with Gasteiger partial charge in [-0.3, -0.25) is 4.79 Å². The number of rotatable bonds is 4. The number of aromatic carboxylic acids is 1. The van der Waals surface area contributed by atoms with Crippen LogP contribution in [0.2, 0.25) is 0 Å². The summed E-state index contributed by atoms with van der Waals surface area (Å²) < 4.78 is 31.9. The number of carboxylic acid groups (broad SMARTS) is 1. The number of hydrogen-bond acceptors (Lipinski definition) is 5. The molecule has 1 aromatic rings. The molecule has 2 N–H and O–H groups in total. The van der Waals surface area contributed by atoms with Crippen LogP contribution in [0.3, 0.4) is 0 Å². The third-order valence-corrected chi connectivity index (χ3v) is 4.95. The summed E-state index contributed by atoms with van der Waals surface area (Å²) >= 11 is 0. The highest BCUT2D eigenvalue weighted by Crippen LogP contribution is 2.21. The maximum Gasteiger partial charge on any atom is 0.371 e. The van der Waals surface area contributed by atoms with Crippen molar-refractivity contribution in [2.24, 2.45) is 0 Å². The van der Waals surface area contributed by atoms with Gasteiger partial charge in [0.2, 0.25) is 21.7 Å². The number of carbonyl (C=O) groups is 2. The third-order valence-electron chi connectivity index (χ3n) is 3.32. The molecule has 21 heavy (non-hydrogen) atoms. The van der Waals surface area contributed by atoms with Gasteiger partial charge in [0, 0.05) is 32.1 Å². The number of aryl methyl sites for hydroxylation is 1. The first-order valence-electron chi connectivity index (χ1n) is 6.30. The molecule has 0 radical (unpaired) electrons. The molecule has 1 aliphatic rings. The molecule has 0 saturated carbocycles. The number of hydrogen-bond donors (Lipinski definition) is 2. The normalized spacial score (nSPS) is 19.8. The molecular formula is C12H16N2O6S. The smallest absolute Gasteiger partial charge is 0.371 e. The molecule has 0 bridgehead atoms. The number of nitrogens with one attached hydrogen (secondary N) is 1. The molecule has 1 atom stereocenters. The first kappa shape index (κ1) is 15.5. The second kappa shape index (κ2) is 5.49. The van der Waals surface area contributed by atoms with E-state index in [0.717, 1.165) is 6.07 Å². The van der Waals surface area contributed by atoms with Gasteiger partial charge in [0.15, 0.2) is 0 Å². The van der Waals surface area contributed by atoms with E-state index in [9.17, 15) is 18.0 Å². The lowest BCUT2D eigenvalue weighted by Crippen LogP contribution is -2.48. The SMILES string of the molecule is Cc1oc(C(=O)O)cc1S(=O)(=O)NC1CCC(=O)N(C)C1. The van der Waals surface area contributed by atoms with Gasteiger partial charge < -0.3 is 14.4 Å². The summed E-state index contributed by atoms with van der Waals surface area (Å²) in [6, 6.07) is 0.581. The van der Waals surface area contributed by atoms with Gasteiger partial charge in [-0.1, -0.05) is 0 Å². The van der Waals surface area contributed by atoms with Crippen molar-refractivity contribution in [3.63, 3.8) is 0 Å². The number of carbonyl (C=O) groups excluding carboxylic acids is 1. The zero-order chi connectivity index (χ0) is 15.8. The Labute approximate surface area is 121 Å². The van der Waals surface area contributed by atoms with Crippen LogP contribution >= 0.6 is 0 Å². The van der Waals surface area contributed by atoms with E-state index in [1.807, 2.05) is 0 Å². The van der Waals surface area contributed by atoms with Crippen LogP contribution < -0.4 is 4.72 Å². The molecular weight excluding hydrogens is 300 g/mol. The lowest BCUT2D eigenvalue weighted by atomic mass is 10.1. The number of amides is 1. The van der Waals surface area contributed by atoms with Gasteiger partial charge in [0.1, 0.15) is 10.7 Å². The van der Waals surface area contributed by atoms with Gasteiger partial charge in [-0.2, -0.15) is 0 Å². The highest BCUT2D eigenvalue weighted by Gasteiger charge is 2.30. The van der Waals surface area contributed by atoms with Crippen molar-refractivity contribution in [1.82, 2.24) is 9.62 Å². The van der Waals surface area contributed by atoms with Gasteiger partial charge in [0.05, 0.1) is 0 Å². The highest BCUT2D eigenvalue weighted by molar-refractivity contribution is 7.89. The number of nitrogens with zero attached hydrogens (tertiary/aromatic N) is 1. The van der Waals surface area contributed by atoms with Crippen LogP contribution in [0.4, 0.5) is 0 Å². The molecule has 8 nitrogen and oxygen atoms in total. The van der Waals surface area contributed by atoms with Crippen LogP contribution in [0, 0.1) is 6.92 Å². The minimum absolute atomic E-state index is 0.0140. The van der Waals surface area contributed by atoms with Crippen molar-refractivity contribution < 1.29 is 27.5 Å². The van der Waals surface area contributed by atoms with Gasteiger partial charge in [0.25, 0.3) is 0 Å². The molecule has 0 aromatic carbocycles. The molecule has 1 aliphatic heterocycles. The summed E-state index contributed by atoms with van der Waals surface area (Å²) in [6.45, 7) is 1.66. The number of carboxylic acids is 1. The molecule has 1 amide bonds. The van der Waals surface area contributed by atoms with E-state index in [4.69, 9.17) is 9.52 Å². The summed E-state index contributed by atoms with van der Waals surface area (Å²) in [5.74, 6) is -1.77. The fourth-order valence-electron chi connectivity index (χ4n) is 2.23. The van der Waals surface area contributed by atoms with Crippen molar-refractivity contribution in [2.75, 3.05) is 13.6 Å². The van der Waals surface area contributed by atoms with Crippen LogP contribution in [0.5, 0.6) is 0 Å². The molecule has 2 rings (SSSR count). The summed E-state index contributed by atoms with van der Waals surface area (Å²) in [4.78, 5) is 23.5. The average Bonchev–Trinajstić information content (AvgIpc) is 2.77. The summed E-state index contributed by atoms with van der Waals surface area (Å²) in [5.41, 5.74) is 0. The Balaban J connectivity index is 2.19. The molecule has 0 aliphatic carbocycles. The zero-order valence-corrected chi connectivity index (χ0v) is 12.4. The van der Waals surface area contributed by atoms with E-state index in [1.165, 1.54) is 11.8 Å². The first-order valence-corrected chi connectivity index (χ1v) is 7.79. The zero-order valence-electron chi connectivity index (χ0n) is 11.6. The Bertz CT molecular complexity index is 678. The third kappa shape index (κ3) is 3.24. The number of piperidine rings is 1. The van der Waals surface area contributed by atoms with Crippen LogP contribution in [-0.4, -0.2) is 49.9 Å². The lowest BCUT2D eigenvalue weighted by Gasteiger charge is -2.29. The van der Waals surface area contributed by atoms with E-state index in [2.05, 4.69) is 4.72 Å². The summed E-state index contributed by atoms with van der Waals surface area (Å²) in [6.07, 6.45) is 0.680. The van der Waals surface area contributed by atoms with Crippen LogP contribution in [-0.2, 0) is 14.8 Å². The van der Waals surface area contributed by atoms with Gasteiger partial charge in [-0.25, -0.2) is 17.9 Å². The summed E-state index contributed by atoms with van der Waals surface area (Å²) in [5, 5.41) is 8.82. The largest absolute Gasteiger partial charge is 0.475 e. The average molecular weight is 316 g/mol. The first-order chi connectivity index (χ1) is 9.70. The molecule has 1 aromatic heterocycles. The molecule has 116 valence electrons. The van der Waals surface area contributed by atoms with Crippen molar-refractivity contribution in [2.45, 2.75) is 30.7 Å². The van der Waals surface area contributed by atoms with Crippen LogP contribution in [0.1, 0.15) is 29.2 Å². The lowest BCUT2D eigenvalue weighted by molar-refractivity contribution is -0.132. The van der Waals surface area contributed by atoms with Gasteiger partial charge in [-0.15, -0.1) is 0 Å². The maximum absolute atomic E-state index is 12.3. The van der Waals surface area contributed by atoms with Crippen molar-refractivity contribution in [1.29, 1.82) is 0 Å². The number of furan rings is 1. The van der Waals surface area contributed by atoms with Crippen LogP contribution in [0.25, 0.3) is 0 Å².